The second kappa shape index (κ2) is 7.41. The molecular formula is C10H21NO5S. The van der Waals surface area contributed by atoms with Crippen molar-refractivity contribution in [3.63, 3.8) is 0 Å². The van der Waals surface area contributed by atoms with Crippen LogP contribution in [-0.4, -0.2) is 57.4 Å². The Bertz CT molecular complexity index is 347. The number of nitrogens with zero attached hydrogens (tertiary/aromatic N) is 1. The lowest BCUT2D eigenvalue weighted by Crippen LogP contribution is -2.27. The van der Waals surface area contributed by atoms with Crippen LogP contribution >= 0.6 is 0 Å². The molecule has 0 atom stereocenters. The van der Waals surface area contributed by atoms with E-state index in [1.54, 1.807) is 0 Å². The minimum atomic E-state index is -4.00. The molecule has 0 heterocycles. The first kappa shape index (κ1) is 18.4. The van der Waals surface area contributed by atoms with E-state index in [9.17, 15) is 18.3 Å². The fourth-order valence-electron chi connectivity index (χ4n) is 0.570. The average molecular weight is 267 g/mol. The molecule has 0 aliphatic carbocycles. The molecule has 17 heavy (non-hydrogen) atoms. The minimum Gasteiger partial charge on any atom is -0.545 e. The maximum Gasteiger partial charge on any atom is 0.264 e. The Labute approximate surface area is 103 Å². The van der Waals surface area contributed by atoms with E-state index < -0.39 is 21.8 Å². The predicted octanol–water partition coefficient (Wildman–Crippen LogP) is -0.717. The van der Waals surface area contributed by atoms with Crippen LogP contribution in [0.5, 0.6) is 0 Å². The molecule has 0 aliphatic heterocycles. The zero-order chi connectivity index (χ0) is 14.3. The molecule has 0 aromatic rings. The normalized spacial score (nSPS) is 11.4. The smallest absolute Gasteiger partial charge is 0.264 e. The van der Waals surface area contributed by atoms with Gasteiger partial charge in [0.05, 0.1) is 39.9 Å². The fraction of sp³-hybridized carbons (Fsp3) is 0.700. The van der Waals surface area contributed by atoms with Crippen molar-refractivity contribution in [2.45, 2.75) is 12.8 Å². The maximum absolute atomic E-state index is 10.1. The van der Waals surface area contributed by atoms with Gasteiger partial charge in [-0.3, -0.25) is 4.55 Å². The summed E-state index contributed by atoms with van der Waals surface area (Å²) in [5, 5.41) is 10.0. The summed E-state index contributed by atoms with van der Waals surface area (Å²) >= 11 is 0. The lowest BCUT2D eigenvalue weighted by Gasteiger charge is -2.14. The van der Waals surface area contributed by atoms with Crippen LogP contribution in [0.1, 0.15) is 12.8 Å². The Morgan fingerprint density at radius 3 is 1.88 bits per heavy atom. The molecule has 6 nitrogen and oxygen atoms in total. The molecule has 0 aromatic heterocycles. The first-order chi connectivity index (χ1) is 7.33. The zero-order valence-corrected chi connectivity index (χ0v) is 11.6. The SMILES string of the molecule is C=C(CCCS(=O)(=O)O)C(=O)[O-].C[N+](C)(C)C. The third-order valence-electron chi connectivity index (χ3n) is 1.17. The van der Waals surface area contributed by atoms with Crippen molar-refractivity contribution in [1.29, 1.82) is 0 Å². The Hall–Kier alpha value is -0.920. The first-order valence-corrected chi connectivity index (χ1v) is 6.57. The average Bonchev–Trinajstić information content (AvgIpc) is 1.97. The van der Waals surface area contributed by atoms with Gasteiger partial charge < -0.3 is 14.4 Å². The number of carbonyl (C=O) groups excluding carboxylic acids is 1. The molecule has 0 aliphatic rings. The van der Waals surface area contributed by atoms with Gasteiger partial charge in [-0.25, -0.2) is 0 Å². The molecule has 0 saturated carbocycles. The van der Waals surface area contributed by atoms with E-state index >= 15 is 0 Å². The van der Waals surface area contributed by atoms with E-state index in [4.69, 9.17) is 4.55 Å². The van der Waals surface area contributed by atoms with E-state index in [-0.39, 0.29) is 18.4 Å². The van der Waals surface area contributed by atoms with Gasteiger partial charge in [0, 0.05) is 0 Å². The number of carboxylic acid groups (broad SMARTS) is 1. The quantitative estimate of drug-likeness (QED) is 0.403. The summed E-state index contributed by atoms with van der Waals surface area (Å²) in [7, 11) is 4.50. The molecule has 7 heteroatoms. The number of carbonyl (C=O) groups is 1. The van der Waals surface area contributed by atoms with Gasteiger partial charge in [0.25, 0.3) is 10.1 Å². The summed E-state index contributed by atoms with van der Waals surface area (Å²) < 4.78 is 29.5. The topological polar surface area (TPSA) is 94.5 Å². The number of aliphatic carboxylic acids is 1. The lowest BCUT2D eigenvalue weighted by molar-refractivity contribution is -0.849. The largest absolute Gasteiger partial charge is 0.545 e. The van der Waals surface area contributed by atoms with Gasteiger partial charge in [-0.1, -0.05) is 6.58 Å². The van der Waals surface area contributed by atoms with Crippen LogP contribution in [0, 0.1) is 0 Å². The summed E-state index contributed by atoms with van der Waals surface area (Å²) in [4.78, 5) is 10.0. The molecule has 0 aromatic carbocycles. The van der Waals surface area contributed by atoms with Crippen molar-refractivity contribution in [1.82, 2.24) is 0 Å². The third-order valence-corrected chi connectivity index (χ3v) is 1.97. The highest BCUT2D eigenvalue weighted by Gasteiger charge is 2.04. The Kier molecular flexibility index (Phi) is 8.04. The maximum atomic E-state index is 10.1. The van der Waals surface area contributed by atoms with E-state index in [1.165, 1.54) is 0 Å². The Balaban J connectivity index is 0. The van der Waals surface area contributed by atoms with Gasteiger partial charge in [0.2, 0.25) is 0 Å². The van der Waals surface area contributed by atoms with Gasteiger partial charge in [0.1, 0.15) is 0 Å². The van der Waals surface area contributed by atoms with Crippen LogP contribution in [0.4, 0.5) is 0 Å². The van der Waals surface area contributed by atoms with Crippen molar-refractivity contribution in [2.24, 2.45) is 0 Å². The van der Waals surface area contributed by atoms with Crippen LogP contribution in [0.15, 0.2) is 12.2 Å². The van der Waals surface area contributed by atoms with Crippen molar-refractivity contribution in [2.75, 3.05) is 33.9 Å². The fourth-order valence-corrected chi connectivity index (χ4v) is 1.08. The van der Waals surface area contributed by atoms with Crippen LogP contribution in [0.25, 0.3) is 0 Å². The number of quaternary nitrogens is 1. The molecule has 0 fully saturated rings. The highest BCUT2D eigenvalue weighted by atomic mass is 32.2. The third kappa shape index (κ3) is 25.4. The molecular weight excluding hydrogens is 246 g/mol. The summed E-state index contributed by atoms with van der Waals surface area (Å²) in [5.41, 5.74) is -0.168. The van der Waals surface area contributed by atoms with Crippen molar-refractivity contribution in [3.8, 4) is 0 Å². The standard InChI is InChI=1S/C6H10O5S.C4H12N/c1-5(6(7)8)3-2-4-12(9,10)11;1-5(2,3)4/h1-4H2,(H,7,8)(H,9,10,11);1-4H3/q;+1/p-1. The molecule has 0 amide bonds. The Morgan fingerprint density at radius 1 is 1.29 bits per heavy atom. The second-order valence-electron chi connectivity index (χ2n) is 4.96. The van der Waals surface area contributed by atoms with Crippen LogP contribution in [-0.2, 0) is 14.9 Å². The van der Waals surface area contributed by atoms with Gasteiger partial charge in [-0.15, -0.1) is 0 Å². The van der Waals surface area contributed by atoms with Gasteiger partial charge >= 0.3 is 0 Å². The molecule has 0 radical (unpaired) electrons. The number of rotatable bonds is 5. The monoisotopic (exact) mass is 267 g/mol. The number of hydrogen-bond acceptors (Lipinski definition) is 4. The van der Waals surface area contributed by atoms with Crippen LogP contribution in [0.2, 0.25) is 0 Å². The lowest BCUT2D eigenvalue weighted by atomic mass is 10.2. The molecule has 102 valence electrons. The molecule has 0 rings (SSSR count). The van der Waals surface area contributed by atoms with Crippen LogP contribution in [0.3, 0.4) is 0 Å². The molecule has 1 N–H and O–H groups in total. The van der Waals surface area contributed by atoms with E-state index in [0.717, 1.165) is 4.48 Å². The first-order valence-electron chi connectivity index (χ1n) is 4.96. The zero-order valence-electron chi connectivity index (χ0n) is 10.8. The summed E-state index contributed by atoms with van der Waals surface area (Å²) in [6, 6.07) is 0. The van der Waals surface area contributed by atoms with E-state index in [1.807, 2.05) is 0 Å². The second-order valence-corrected chi connectivity index (χ2v) is 6.54. The van der Waals surface area contributed by atoms with Crippen molar-refractivity contribution >= 4 is 16.1 Å². The Morgan fingerprint density at radius 2 is 1.65 bits per heavy atom. The van der Waals surface area contributed by atoms with E-state index in [0.29, 0.717) is 0 Å². The highest BCUT2D eigenvalue weighted by Crippen LogP contribution is 2.02. The minimum absolute atomic E-state index is 0.00211. The van der Waals surface area contributed by atoms with Gasteiger partial charge in [0.15, 0.2) is 0 Å². The van der Waals surface area contributed by atoms with Gasteiger partial charge in [-0.05, 0) is 18.4 Å². The molecule has 0 bridgehead atoms. The van der Waals surface area contributed by atoms with Crippen molar-refractivity contribution < 1.29 is 27.4 Å². The molecule has 0 unspecified atom stereocenters. The highest BCUT2D eigenvalue weighted by molar-refractivity contribution is 7.85. The number of carboxylic acids is 1. The summed E-state index contributed by atoms with van der Waals surface area (Å²) in [6.45, 7) is 3.14. The summed E-state index contributed by atoms with van der Waals surface area (Å²) in [6.07, 6.45) is 0.0355. The van der Waals surface area contributed by atoms with Crippen LogP contribution < -0.4 is 5.11 Å². The molecule has 0 spiro atoms. The predicted molar refractivity (Wildman–Crippen MR) is 63.8 cm³/mol. The summed E-state index contributed by atoms with van der Waals surface area (Å²) in [5.74, 6) is -1.86. The van der Waals surface area contributed by atoms with Gasteiger partial charge in [-0.2, -0.15) is 8.42 Å². The molecule has 0 saturated heterocycles. The van der Waals surface area contributed by atoms with E-state index in [2.05, 4.69) is 34.8 Å². The van der Waals surface area contributed by atoms with Crippen molar-refractivity contribution in [3.05, 3.63) is 12.2 Å². The number of hydrogen-bond donors (Lipinski definition) is 1.